The third kappa shape index (κ3) is 6.08. The van der Waals surface area contributed by atoms with Crippen molar-refractivity contribution in [2.24, 2.45) is 0 Å². The van der Waals surface area contributed by atoms with Gasteiger partial charge < -0.3 is 10.1 Å². The standard InChI is InChI=1S/C10H17N3O3S/c1-16-9-4-5-10(12-8-9)11-6-3-7-13-17(2,14)15/h4-5,8,13H,3,6-7H2,1-2H3,(H,11,12). The van der Waals surface area contributed by atoms with Gasteiger partial charge in [-0.15, -0.1) is 0 Å². The van der Waals surface area contributed by atoms with Crippen LogP contribution in [-0.2, 0) is 10.0 Å². The zero-order valence-electron chi connectivity index (χ0n) is 9.93. The van der Waals surface area contributed by atoms with Crippen molar-refractivity contribution < 1.29 is 13.2 Å². The molecule has 0 atom stereocenters. The summed E-state index contributed by atoms with van der Waals surface area (Å²) in [7, 11) is -1.50. The van der Waals surface area contributed by atoms with Crippen molar-refractivity contribution >= 4 is 15.8 Å². The maximum absolute atomic E-state index is 10.8. The maximum atomic E-state index is 10.8. The zero-order chi connectivity index (χ0) is 12.7. The molecule has 6 nitrogen and oxygen atoms in total. The highest BCUT2D eigenvalue weighted by molar-refractivity contribution is 7.88. The highest BCUT2D eigenvalue weighted by Crippen LogP contribution is 2.10. The summed E-state index contributed by atoms with van der Waals surface area (Å²) in [6.07, 6.45) is 3.46. The Kier molecular flexibility index (Phi) is 5.17. The minimum atomic E-state index is -3.09. The molecule has 17 heavy (non-hydrogen) atoms. The minimum absolute atomic E-state index is 0.419. The molecule has 96 valence electrons. The van der Waals surface area contributed by atoms with Crippen LogP contribution in [0.25, 0.3) is 0 Å². The Labute approximate surface area is 101 Å². The van der Waals surface area contributed by atoms with Crippen molar-refractivity contribution in [3.8, 4) is 5.75 Å². The van der Waals surface area contributed by atoms with Crippen LogP contribution < -0.4 is 14.8 Å². The van der Waals surface area contributed by atoms with E-state index < -0.39 is 10.0 Å². The lowest BCUT2D eigenvalue weighted by Crippen LogP contribution is -2.24. The van der Waals surface area contributed by atoms with E-state index in [2.05, 4.69) is 15.0 Å². The highest BCUT2D eigenvalue weighted by atomic mass is 32.2. The highest BCUT2D eigenvalue weighted by Gasteiger charge is 1.99. The van der Waals surface area contributed by atoms with E-state index in [0.29, 0.717) is 25.3 Å². The maximum Gasteiger partial charge on any atom is 0.208 e. The fourth-order valence-corrected chi connectivity index (χ4v) is 1.68. The van der Waals surface area contributed by atoms with Gasteiger partial charge in [-0.3, -0.25) is 0 Å². The van der Waals surface area contributed by atoms with Crippen LogP contribution in [0.5, 0.6) is 5.75 Å². The smallest absolute Gasteiger partial charge is 0.208 e. The molecule has 0 radical (unpaired) electrons. The molecule has 1 aromatic heterocycles. The summed E-state index contributed by atoms with van der Waals surface area (Å²) in [6.45, 7) is 1.07. The molecule has 7 heteroatoms. The Hall–Kier alpha value is -1.34. The van der Waals surface area contributed by atoms with E-state index in [4.69, 9.17) is 4.74 Å². The second-order valence-electron chi connectivity index (χ2n) is 3.53. The number of methoxy groups -OCH3 is 1. The predicted octanol–water partition coefficient (Wildman–Crippen LogP) is 0.441. The number of sulfonamides is 1. The SMILES string of the molecule is COc1ccc(NCCCNS(C)(=O)=O)nc1. The third-order valence-electron chi connectivity index (χ3n) is 2.00. The van der Waals surface area contributed by atoms with E-state index >= 15 is 0 Å². The lowest BCUT2D eigenvalue weighted by atomic mass is 10.4. The molecule has 1 rings (SSSR count). The fourth-order valence-electron chi connectivity index (χ4n) is 1.17. The molecule has 0 unspecified atom stereocenters. The van der Waals surface area contributed by atoms with Gasteiger partial charge >= 0.3 is 0 Å². The molecule has 0 spiro atoms. The summed E-state index contributed by atoms with van der Waals surface area (Å²) in [4.78, 5) is 4.12. The van der Waals surface area contributed by atoms with Crippen LogP contribution in [0.4, 0.5) is 5.82 Å². The monoisotopic (exact) mass is 259 g/mol. The Morgan fingerprint density at radius 2 is 2.12 bits per heavy atom. The Morgan fingerprint density at radius 1 is 1.35 bits per heavy atom. The van der Waals surface area contributed by atoms with Gasteiger partial charge in [0.2, 0.25) is 10.0 Å². The molecule has 0 saturated carbocycles. The van der Waals surface area contributed by atoms with Crippen LogP contribution >= 0.6 is 0 Å². The van der Waals surface area contributed by atoms with Crippen molar-refractivity contribution in [2.45, 2.75) is 6.42 Å². The van der Waals surface area contributed by atoms with Gasteiger partial charge in [0.15, 0.2) is 0 Å². The van der Waals surface area contributed by atoms with Crippen LogP contribution in [0.15, 0.2) is 18.3 Å². The second kappa shape index (κ2) is 6.41. The number of hydrogen-bond acceptors (Lipinski definition) is 5. The van der Waals surface area contributed by atoms with Gasteiger partial charge in [0.25, 0.3) is 0 Å². The number of aromatic nitrogens is 1. The van der Waals surface area contributed by atoms with Crippen LogP contribution in [0, 0.1) is 0 Å². The number of anilines is 1. The molecule has 0 aliphatic rings. The Balaban J connectivity index is 2.22. The Bertz CT molecular complexity index is 431. The summed E-state index contributed by atoms with van der Waals surface area (Å²) >= 11 is 0. The molecule has 0 amide bonds. The van der Waals surface area contributed by atoms with Crippen molar-refractivity contribution in [2.75, 3.05) is 31.8 Å². The largest absolute Gasteiger partial charge is 0.495 e. The van der Waals surface area contributed by atoms with Gasteiger partial charge in [0.05, 0.1) is 19.6 Å². The van der Waals surface area contributed by atoms with Crippen molar-refractivity contribution in [1.82, 2.24) is 9.71 Å². The minimum Gasteiger partial charge on any atom is -0.495 e. The van der Waals surface area contributed by atoms with Crippen molar-refractivity contribution in [1.29, 1.82) is 0 Å². The number of nitrogens with one attached hydrogen (secondary N) is 2. The lowest BCUT2D eigenvalue weighted by molar-refractivity contribution is 0.413. The summed E-state index contributed by atoms with van der Waals surface area (Å²) in [5.74, 6) is 1.44. The average molecular weight is 259 g/mol. The van der Waals surface area contributed by atoms with Crippen LogP contribution in [-0.4, -0.2) is 39.9 Å². The lowest BCUT2D eigenvalue weighted by Gasteiger charge is -2.06. The normalized spacial score (nSPS) is 11.2. The molecular formula is C10H17N3O3S. The molecule has 0 aliphatic heterocycles. The summed E-state index contributed by atoms with van der Waals surface area (Å²) in [5, 5.41) is 3.08. The first-order valence-electron chi connectivity index (χ1n) is 5.20. The summed E-state index contributed by atoms with van der Waals surface area (Å²) in [6, 6.07) is 3.62. The number of nitrogens with zero attached hydrogens (tertiary/aromatic N) is 1. The van der Waals surface area contributed by atoms with Gasteiger partial charge in [0, 0.05) is 13.1 Å². The van der Waals surface area contributed by atoms with E-state index in [1.54, 1.807) is 13.3 Å². The number of hydrogen-bond donors (Lipinski definition) is 2. The molecule has 0 aliphatic carbocycles. The molecule has 1 aromatic rings. The zero-order valence-corrected chi connectivity index (χ0v) is 10.8. The molecule has 1 heterocycles. The van der Waals surface area contributed by atoms with E-state index in [0.717, 1.165) is 12.1 Å². The first kappa shape index (κ1) is 13.7. The van der Waals surface area contributed by atoms with Gasteiger partial charge in [-0.05, 0) is 18.6 Å². The average Bonchev–Trinajstić information content (AvgIpc) is 2.28. The fraction of sp³-hybridized carbons (Fsp3) is 0.500. The first-order chi connectivity index (χ1) is 8.01. The molecule has 2 N–H and O–H groups in total. The molecule has 0 bridgehead atoms. The number of pyridine rings is 1. The number of rotatable bonds is 7. The van der Waals surface area contributed by atoms with E-state index in [1.807, 2.05) is 12.1 Å². The van der Waals surface area contributed by atoms with Gasteiger partial charge in [-0.2, -0.15) is 0 Å². The van der Waals surface area contributed by atoms with E-state index in [1.165, 1.54) is 0 Å². The van der Waals surface area contributed by atoms with Crippen molar-refractivity contribution in [3.05, 3.63) is 18.3 Å². The van der Waals surface area contributed by atoms with Gasteiger partial charge in [-0.1, -0.05) is 0 Å². The van der Waals surface area contributed by atoms with Crippen LogP contribution in [0.3, 0.4) is 0 Å². The predicted molar refractivity (Wildman–Crippen MR) is 66.7 cm³/mol. The molecular weight excluding hydrogens is 242 g/mol. The van der Waals surface area contributed by atoms with Crippen LogP contribution in [0.2, 0.25) is 0 Å². The number of ether oxygens (including phenoxy) is 1. The Morgan fingerprint density at radius 3 is 2.65 bits per heavy atom. The third-order valence-corrected chi connectivity index (χ3v) is 2.72. The van der Waals surface area contributed by atoms with Gasteiger partial charge in [0.1, 0.15) is 11.6 Å². The van der Waals surface area contributed by atoms with E-state index in [-0.39, 0.29) is 0 Å². The molecule has 0 fully saturated rings. The summed E-state index contributed by atoms with van der Waals surface area (Å²) in [5.41, 5.74) is 0. The van der Waals surface area contributed by atoms with Crippen LogP contribution in [0.1, 0.15) is 6.42 Å². The first-order valence-corrected chi connectivity index (χ1v) is 7.09. The summed E-state index contributed by atoms with van der Waals surface area (Å²) < 4.78 is 29.0. The van der Waals surface area contributed by atoms with Crippen molar-refractivity contribution in [3.63, 3.8) is 0 Å². The second-order valence-corrected chi connectivity index (χ2v) is 5.36. The topological polar surface area (TPSA) is 80.3 Å². The quantitative estimate of drug-likeness (QED) is 0.695. The molecule has 0 aromatic carbocycles. The molecule has 0 saturated heterocycles. The van der Waals surface area contributed by atoms with E-state index in [9.17, 15) is 8.42 Å². The van der Waals surface area contributed by atoms with Gasteiger partial charge in [-0.25, -0.2) is 18.1 Å².